The molecule has 1 aliphatic heterocycles. The fraction of sp³-hybridized carbons (Fsp3) is 0.276. The molecule has 5 rings (SSSR count). The summed E-state index contributed by atoms with van der Waals surface area (Å²) in [5, 5.41) is 6.25. The van der Waals surface area contributed by atoms with Gasteiger partial charge in [-0.3, -0.25) is 9.69 Å². The summed E-state index contributed by atoms with van der Waals surface area (Å²) in [4.78, 5) is 16.8. The van der Waals surface area contributed by atoms with E-state index in [2.05, 4.69) is 27.2 Å². The van der Waals surface area contributed by atoms with Gasteiger partial charge in [-0.05, 0) is 67.3 Å². The minimum atomic E-state index is -5.43. The van der Waals surface area contributed by atoms with Gasteiger partial charge in [-0.25, -0.2) is 9.50 Å². The van der Waals surface area contributed by atoms with Gasteiger partial charge >= 0.3 is 6.18 Å². The number of halogens is 3. The summed E-state index contributed by atoms with van der Waals surface area (Å²) in [5.41, 5.74) is -4.31. The van der Waals surface area contributed by atoms with E-state index in [1.807, 2.05) is 0 Å². The lowest BCUT2D eigenvalue weighted by Crippen LogP contribution is -2.44. The van der Waals surface area contributed by atoms with Crippen molar-refractivity contribution in [1.29, 1.82) is 0 Å². The molecule has 0 aliphatic carbocycles. The Morgan fingerprint density at radius 3 is 2.77 bits per heavy atom. The first-order valence-corrected chi connectivity index (χ1v) is 11.1. The van der Waals surface area contributed by atoms with Crippen molar-refractivity contribution >= 4 is 17.2 Å². The number of nitrogens with one attached hydrogen (secondary N) is 1. The summed E-state index contributed by atoms with van der Waals surface area (Å²) in [6.07, 6.45) is -4.29. The maximum Gasteiger partial charge on any atom is 0.416 e. The molecule has 0 saturated carbocycles. The summed E-state index contributed by atoms with van der Waals surface area (Å²) >= 11 is 0. The van der Waals surface area contributed by atoms with Crippen LogP contribution in [0.2, 0.25) is 0 Å². The van der Waals surface area contributed by atoms with Crippen LogP contribution in [0.25, 0.3) is 5.65 Å². The summed E-state index contributed by atoms with van der Waals surface area (Å²) < 4.78 is 160. The van der Waals surface area contributed by atoms with E-state index in [0.29, 0.717) is 13.1 Å². The molecule has 200 valence electrons. The molecule has 0 atom stereocenters. The lowest BCUT2D eigenvalue weighted by Gasteiger charge is -2.33. The Kier molecular flexibility index (Phi) is 3.98. The number of aryl methyl sites for hydroxylation is 1. The number of imidazole rings is 1. The molecule has 0 spiro atoms. The van der Waals surface area contributed by atoms with Crippen molar-refractivity contribution in [3.8, 4) is 11.8 Å². The molecule has 1 aliphatic rings. The number of carbonyl (C=O) groups is 1. The third-order valence-corrected chi connectivity index (χ3v) is 5.29. The van der Waals surface area contributed by atoms with Gasteiger partial charge in [-0.15, -0.1) is 0 Å². The van der Waals surface area contributed by atoms with Gasteiger partial charge in [0.1, 0.15) is 5.69 Å². The van der Waals surface area contributed by atoms with Crippen LogP contribution in [0.4, 0.5) is 18.9 Å². The Morgan fingerprint density at radius 2 is 2.00 bits per heavy atom. The Balaban J connectivity index is 1.55. The van der Waals surface area contributed by atoms with Crippen LogP contribution in [0.5, 0.6) is 0 Å². The summed E-state index contributed by atoms with van der Waals surface area (Å²) in [6, 6.07) is 7.87. The van der Waals surface area contributed by atoms with Crippen LogP contribution < -0.4 is 5.32 Å². The standard InChI is InChI=1S/C29H27F3N6O/c1-20-5-6-22(16-21(20)8-10-25-18-33-27-4-3-11-34-38(25)27)28(39)35-24-9-7-23(26(17-24)29(30,31)32)19-37-14-12-36(2)13-15-37/h3-7,9,11,16-18H,12-15,19H2,1-2H3,(H,35,39)/i1D3,12D2,13D2,14D2,15D2,18D,19D2. The van der Waals surface area contributed by atoms with E-state index in [9.17, 15) is 18.0 Å². The van der Waals surface area contributed by atoms with E-state index in [4.69, 9.17) is 19.2 Å². The molecule has 7 nitrogen and oxygen atoms in total. The number of fused-ring (bicyclic) bond motifs is 1. The molecule has 0 radical (unpaired) electrons. The maximum absolute atomic E-state index is 14.5. The summed E-state index contributed by atoms with van der Waals surface area (Å²) in [6.45, 7) is -21.1. The van der Waals surface area contributed by atoms with Crippen LogP contribution in [0.15, 0.2) is 60.9 Å². The fourth-order valence-corrected chi connectivity index (χ4v) is 3.41. The van der Waals surface area contributed by atoms with Crippen LogP contribution in [0.3, 0.4) is 0 Å². The SMILES string of the molecule is [2H]c1nc2cccnn2c1C#Cc1cc(C(=O)Nc2ccc(C([2H])([2H])N3C([2H])([2H])C([2H])([2H])N(C)C([2H])([2H])C3([2H])[2H])c(C(F)(F)F)c2)ccc1C([2H])([2H])[2H]. The number of aromatic nitrogens is 3. The molecule has 1 fully saturated rings. The number of piperazine rings is 1. The molecular formula is C29H27F3N6O. The third kappa shape index (κ3) is 6.11. The molecule has 39 heavy (non-hydrogen) atoms. The van der Waals surface area contributed by atoms with Gasteiger partial charge in [0.15, 0.2) is 5.65 Å². The van der Waals surface area contributed by atoms with Crippen molar-refractivity contribution in [3.05, 3.63) is 94.4 Å². The number of benzene rings is 2. The third-order valence-electron chi connectivity index (χ3n) is 5.29. The van der Waals surface area contributed by atoms with Crippen molar-refractivity contribution in [2.45, 2.75) is 19.5 Å². The van der Waals surface area contributed by atoms with E-state index < -0.39 is 73.1 Å². The maximum atomic E-state index is 14.5. The molecule has 0 bridgehead atoms. The first-order chi connectivity index (χ1) is 24.1. The minimum Gasteiger partial charge on any atom is -0.322 e. The smallest absolute Gasteiger partial charge is 0.322 e. The first-order valence-electron chi connectivity index (χ1n) is 18.1. The number of alkyl halides is 3. The van der Waals surface area contributed by atoms with Gasteiger partial charge < -0.3 is 10.2 Å². The molecule has 0 unspecified atom stereocenters. The number of anilines is 1. The zero-order valence-corrected chi connectivity index (χ0v) is 20.0. The molecule has 4 aromatic rings. The van der Waals surface area contributed by atoms with Crippen LogP contribution in [-0.4, -0.2) is 63.3 Å². The van der Waals surface area contributed by atoms with Crippen molar-refractivity contribution in [2.75, 3.05) is 38.4 Å². The lowest BCUT2D eigenvalue weighted by molar-refractivity contribution is -0.138. The number of nitrogens with zero attached hydrogens (tertiary/aromatic N) is 5. The second-order valence-corrected chi connectivity index (χ2v) is 8.04. The van der Waals surface area contributed by atoms with Gasteiger partial charge in [-0.1, -0.05) is 18.1 Å². The van der Waals surface area contributed by atoms with Gasteiger partial charge in [0.05, 0.1) is 13.1 Å². The van der Waals surface area contributed by atoms with Crippen LogP contribution >= 0.6 is 0 Å². The summed E-state index contributed by atoms with van der Waals surface area (Å²) in [5.74, 6) is 4.16. The quantitative estimate of drug-likeness (QED) is 0.383. The fourth-order valence-electron chi connectivity index (χ4n) is 3.41. The second kappa shape index (κ2) is 10.9. The Hall–Kier alpha value is -4.20. The molecule has 1 amide bonds. The minimum absolute atomic E-state index is 0.00316. The van der Waals surface area contributed by atoms with Crippen LogP contribution in [0.1, 0.15) is 57.5 Å². The average Bonchev–Trinajstić information content (AvgIpc) is 3.35. The van der Waals surface area contributed by atoms with Crippen molar-refractivity contribution in [3.63, 3.8) is 0 Å². The van der Waals surface area contributed by atoms with E-state index in [1.54, 1.807) is 12.1 Å². The second-order valence-electron chi connectivity index (χ2n) is 8.04. The lowest BCUT2D eigenvalue weighted by atomic mass is 10.0. The normalized spacial score (nSPS) is 25.8. The largest absolute Gasteiger partial charge is 0.416 e. The zero-order valence-electron chi connectivity index (χ0n) is 34.0. The Bertz CT molecular complexity index is 2150. The average molecular weight is 547 g/mol. The predicted octanol–water partition coefficient (Wildman–Crippen LogP) is 4.46. The molecule has 1 N–H and O–H groups in total. The number of amides is 1. The van der Waals surface area contributed by atoms with Gasteiger partial charge in [0.25, 0.3) is 5.91 Å². The van der Waals surface area contributed by atoms with E-state index >= 15 is 0 Å². The van der Waals surface area contributed by atoms with Crippen LogP contribution in [0, 0.1) is 18.7 Å². The number of carbonyl (C=O) groups excluding carboxylic acids is 1. The number of hydrogen-bond acceptors (Lipinski definition) is 5. The highest BCUT2D eigenvalue weighted by molar-refractivity contribution is 6.04. The molecule has 1 saturated heterocycles. The molecule has 2 aromatic heterocycles. The highest BCUT2D eigenvalue weighted by atomic mass is 19.4. The Labute approximate surface area is 243 Å². The zero-order chi connectivity index (χ0) is 39.9. The number of hydrogen-bond donors (Lipinski definition) is 1. The Morgan fingerprint density at radius 1 is 1.18 bits per heavy atom. The predicted molar refractivity (Wildman–Crippen MR) is 142 cm³/mol. The van der Waals surface area contributed by atoms with Crippen LogP contribution in [-0.2, 0) is 12.7 Å². The topological polar surface area (TPSA) is 65.8 Å². The summed E-state index contributed by atoms with van der Waals surface area (Å²) in [7, 11) is 0.708. The number of likely N-dealkylation sites (N-methyl/N-ethyl adjacent to an activating group) is 1. The van der Waals surface area contributed by atoms with E-state index in [-0.39, 0.29) is 45.2 Å². The molecular weight excluding hydrogens is 505 g/mol. The van der Waals surface area contributed by atoms with Crippen molar-refractivity contribution < 1.29 is 37.2 Å². The van der Waals surface area contributed by atoms with E-state index in [1.165, 1.54) is 10.7 Å². The monoisotopic (exact) mass is 546 g/mol. The van der Waals surface area contributed by atoms with Gasteiger partial charge in [0.2, 0.25) is 0 Å². The highest BCUT2D eigenvalue weighted by Gasteiger charge is 2.34. The van der Waals surface area contributed by atoms with Crippen molar-refractivity contribution in [1.82, 2.24) is 24.4 Å². The number of rotatable bonds is 4. The van der Waals surface area contributed by atoms with E-state index in [0.717, 1.165) is 24.3 Å². The molecule has 2 aromatic carbocycles. The first kappa shape index (κ1) is 14.3. The molecule has 10 heteroatoms. The molecule has 3 heterocycles. The van der Waals surface area contributed by atoms with Gasteiger partial charge in [-0.2, -0.15) is 18.3 Å². The van der Waals surface area contributed by atoms with Gasteiger partial charge in [0, 0.05) is 73.3 Å². The van der Waals surface area contributed by atoms with Crippen molar-refractivity contribution in [2.24, 2.45) is 0 Å². The highest BCUT2D eigenvalue weighted by Crippen LogP contribution is 2.34.